The lowest BCUT2D eigenvalue weighted by Gasteiger charge is -2.47. The number of hydrogen-bond acceptors (Lipinski definition) is 6. The molecule has 0 N–H and O–H groups in total. The van der Waals surface area contributed by atoms with Gasteiger partial charge >= 0.3 is 11.7 Å². The summed E-state index contributed by atoms with van der Waals surface area (Å²) < 4.78 is 17.2. The summed E-state index contributed by atoms with van der Waals surface area (Å²) in [6.45, 7) is 1.82. The molecule has 2 heterocycles. The summed E-state index contributed by atoms with van der Waals surface area (Å²) in [5.41, 5.74) is 1.23. The molecule has 7 heteroatoms. The molecule has 7 nitrogen and oxygen atoms in total. The minimum absolute atomic E-state index is 0.0408. The Morgan fingerprint density at radius 1 is 1.19 bits per heavy atom. The number of rotatable bonds is 3. The molecule has 0 spiro atoms. The molecule has 0 amide bonds. The van der Waals surface area contributed by atoms with Crippen molar-refractivity contribution in [1.29, 1.82) is 0 Å². The summed E-state index contributed by atoms with van der Waals surface area (Å²) in [5, 5.41) is 11.4. The van der Waals surface area contributed by atoms with Gasteiger partial charge in [-0.1, -0.05) is 42.5 Å². The molecule has 0 aliphatic carbocycles. The molecule has 4 atom stereocenters. The van der Waals surface area contributed by atoms with Gasteiger partial charge in [-0.2, -0.15) is 0 Å². The largest absolute Gasteiger partial charge is 0.418 e. The molecule has 4 rings (SSSR count). The molecule has 27 heavy (non-hydrogen) atoms. The van der Waals surface area contributed by atoms with Crippen molar-refractivity contribution in [2.75, 3.05) is 7.11 Å². The number of benzene rings is 2. The summed E-state index contributed by atoms with van der Waals surface area (Å²) in [4.78, 5) is 23.7. The number of methoxy groups -OCH3 is 1. The van der Waals surface area contributed by atoms with Crippen LogP contribution in [0.3, 0.4) is 0 Å². The van der Waals surface area contributed by atoms with E-state index >= 15 is 0 Å². The molecular formula is C20H19NO6. The molecule has 0 bridgehead atoms. The monoisotopic (exact) mass is 369 g/mol. The van der Waals surface area contributed by atoms with Crippen molar-refractivity contribution < 1.29 is 23.9 Å². The molecule has 140 valence electrons. The van der Waals surface area contributed by atoms with E-state index < -0.39 is 28.7 Å². The average molecular weight is 369 g/mol. The first-order chi connectivity index (χ1) is 12.9. The number of carbonyl (C=O) groups excluding carboxylic acids is 1. The third kappa shape index (κ3) is 2.89. The number of esters is 1. The second kappa shape index (κ2) is 6.44. The molecule has 2 aliphatic rings. The van der Waals surface area contributed by atoms with Gasteiger partial charge in [0.15, 0.2) is 5.79 Å². The van der Waals surface area contributed by atoms with E-state index in [9.17, 15) is 14.9 Å². The van der Waals surface area contributed by atoms with Crippen molar-refractivity contribution in [2.24, 2.45) is 5.92 Å². The van der Waals surface area contributed by atoms with E-state index in [0.29, 0.717) is 12.0 Å². The summed E-state index contributed by atoms with van der Waals surface area (Å²) in [6, 6.07) is 14.3. The summed E-state index contributed by atoms with van der Waals surface area (Å²) >= 11 is 0. The average Bonchev–Trinajstić information content (AvgIpc) is 2.67. The van der Waals surface area contributed by atoms with Crippen molar-refractivity contribution in [1.82, 2.24) is 0 Å². The zero-order valence-corrected chi connectivity index (χ0v) is 15.0. The van der Waals surface area contributed by atoms with Crippen LogP contribution >= 0.6 is 0 Å². The Bertz CT molecular complexity index is 899. The van der Waals surface area contributed by atoms with Crippen molar-refractivity contribution in [3.63, 3.8) is 0 Å². The van der Waals surface area contributed by atoms with Gasteiger partial charge in [0, 0.05) is 31.1 Å². The van der Waals surface area contributed by atoms with Gasteiger partial charge in [0.2, 0.25) is 5.75 Å². The highest BCUT2D eigenvalue weighted by molar-refractivity contribution is 5.82. The Morgan fingerprint density at radius 2 is 1.93 bits per heavy atom. The van der Waals surface area contributed by atoms with E-state index in [1.165, 1.54) is 6.07 Å². The zero-order chi connectivity index (χ0) is 19.2. The predicted molar refractivity (Wildman–Crippen MR) is 95.3 cm³/mol. The Hall–Kier alpha value is -2.77. The van der Waals surface area contributed by atoms with E-state index in [4.69, 9.17) is 14.2 Å². The number of hydrogen-bond donors (Lipinski definition) is 0. The molecule has 1 fully saturated rings. The second-order valence-electron chi connectivity index (χ2n) is 7.00. The number of ether oxygens (including phenoxy) is 3. The van der Waals surface area contributed by atoms with Gasteiger partial charge in [0.1, 0.15) is 6.10 Å². The molecule has 2 aliphatic heterocycles. The number of fused-ring (bicyclic) bond motifs is 3. The van der Waals surface area contributed by atoms with Crippen LogP contribution in [0.5, 0.6) is 5.75 Å². The molecule has 0 radical (unpaired) electrons. The normalized spacial score (nSPS) is 29.4. The van der Waals surface area contributed by atoms with Crippen LogP contribution in [-0.2, 0) is 14.3 Å². The van der Waals surface area contributed by atoms with E-state index in [0.717, 1.165) is 5.56 Å². The zero-order valence-electron chi connectivity index (χ0n) is 15.0. The van der Waals surface area contributed by atoms with Gasteiger partial charge in [-0.25, -0.2) is 0 Å². The van der Waals surface area contributed by atoms with Crippen LogP contribution in [0.2, 0.25) is 0 Å². The highest BCUT2D eigenvalue weighted by Crippen LogP contribution is 2.54. The first-order valence-corrected chi connectivity index (χ1v) is 8.70. The Kier molecular flexibility index (Phi) is 4.20. The summed E-state index contributed by atoms with van der Waals surface area (Å²) in [7, 11) is 1.55. The standard InChI is InChI=1S/C20H19NO6/c1-20(25-2)11-14(12-7-4-3-5-8-12)16-18(27-20)13-9-6-10-15(21(23)24)17(13)26-19(16)22/h3-10,14,16,18H,11H2,1-2H3. The topological polar surface area (TPSA) is 87.9 Å². The Balaban J connectivity index is 1.86. The van der Waals surface area contributed by atoms with Gasteiger partial charge in [0.05, 0.1) is 10.8 Å². The molecule has 1 saturated heterocycles. The predicted octanol–water partition coefficient (Wildman–Crippen LogP) is 3.74. The summed E-state index contributed by atoms with van der Waals surface area (Å²) in [5.74, 6) is -2.30. The van der Waals surface area contributed by atoms with E-state index in [1.54, 1.807) is 19.2 Å². The minimum atomic E-state index is -0.929. The highest BCUT2D eigenvalue weighted by Gasteiger charge is 2.53. The molecule has 0 saturated carbocycles. The van der Waals surface area contributed by atoms with Crippen molar-refractivity contribution in [3.8, 4) is 5.75 Å². The van der Waals surface area contributed by atoms with Gasteiger partial charge in [-0.05, 0) is 12.5 Å². The van der Waals surface area contributed by atoms with Crippen LogP contribution in [0.15, 0.2) is 48.5 Å². The van der Waals surface area contributed by atoms with Crippen molar-refractivity contribution >= 4 is 11.7 Å². The van der Waals surface area contributed by atoms with Crippen LogP contribution in [0, 0.1) is 16.0 Å². The Labute approximate surface area is 156 Å². The first kappa shape index (κ1) is 17.6. The van der Waals surface area contributed by atoms with Gasteiger partial charge in [-0.3, -0.25) is 14.9 Å². The Morgan fingerprint density at radius 3 is 2.59 bits per heavy atom. The number of nitrogens with zero attached hydrogens (tertiary/aromatic N) is 1. The first-order valence-electron chi connectivity index (χ1n) is 8.70. The molecule has 2 aromatic carbocycles. The molecule has 0 aromatic heterocycles. The van der Waals surface area contributed by atoms with E-state index in [2.05, 4.69) is 0 Å². The maximum Gasteiger partial charge on any atom is 0.318 e. The van der Waals surface area contributed by atoms with Crippen molar-refractivity contribution in [3.05, 3.63) is 69.8 Å². The van der Waals surface area contributed by atoms with Crippen LogP contribution in [0.25, 0.3) is 0 Å². The second-order valence-corrected chi connectivity index (χ2v) is 7.00. The fourth-order valence-electron chi connectivity index (χ4n) is 4.02. The number of nitro benzene ring substituents is 1. The maximum absolute atomic E-state index is 12.9. The number of nitro groups is 1. The van der Waals surface area contributed by atoms with Gasteiger partial charge in [-0.15, -0.1) is 0 Å². The SMILES string of the molecule is COC1(C)CC(c2ccccc2)C2C(=O)Oc3c(cccc3[N+](=O)[O-])C2O1. The molecule has 4 unspecified atom stereocenters. The third-order valence-electron chi connectivity index (χ3n) is 5.39. The van der Waals surface area contributed by atoms with Crippen LogP contribution in [0.4, 0.5) is 5.69 Å². The maximum atomic E-state index is 12.9. The lowest BCUT2D eigenvalue weighted by atomic mass is 9.73. The van der Waals surface area contributed by atoms with Crippen LogP contribution in [-0.4, -0.2) is 23.8 Å². The van der Waals surface area contributed by atoms with E-state index in [-0.39, 0.29) is 17.4 Å². The smallest absolute Gasteiger partial charge is 0.318 e. The summed E-state index contributed by atoms with van der Waals surface area (Å²) in [6.07, 6.45) is -0.223. The van der Waals surface area contributed by atoms with Gasteiger partial charge in [0.25, 0.3) is 0 Å². The van der Waals surface area contributed by atoms with Crippen LogP contribution in [0.1, 0.15) is 36.5 Å². The van der Waals surface area contributed by atoms with Gasteiger partial charge < -0.3 is 14.2 Å². The lowest BCUT2D eigenvalue weighted by Crippen LogP contribution is -2.49. The lowest BCUT2D eigenvalue weighted by molar-refractivity contribution is -0.386. The fourth-order valence-corrected chi connectivity index (χ4v) is 4.02. The molecule has 2 aromatic rings. The third-order valence-corrected chi connectivity index (χ3v) is 5.39. The minimum Gasteiger partial charge on any atom is -0.418 e. The number of para-hydroxylation sites is 1. The van der Waals surface area contributed by atoms with E-state index in [1.807, 2.05) is 37.3 Å². The van der Waals surface area contributed by atoms with Crippen molar-refractivity contribution in [2.45, 2.75) is 31.2 Å². The highest BCUT2D eigenvalue weighted by atomic mass is 16.7. The number of carbonyl (C=O) groups is 1. The van der Waals surface area contributed by atoms with Crippen LogP contribution < -0.4 is 4.74 Å². The molecular weight excluding hydrogens is 350 g/mol. The quantitative estimate of drug-likeness (QED) is 0.354. The fraction of sp³-hybridized carbons (Fsp3) is 0.350.